The molecule has 1 aliphatic carbocycles. The molecule has 0 amide bonds. The number of aromatic nitrogens is 2. The van der Waals surface area contributed by atoms with Gasteiger partial charge < -0.3 is 4.98 Å². The number of hydrogen-bond acceptors (Lipinski definition) is 3. The lowest BCUT2D eigenvalue weighted by atomic mass is 10.1. The zero-order valence-electron chi connectivity index (χ0n) is 9.91. The van der Waals surface area contributed by atoms with Crippen molar-refractivity contribution in [2.75, 3.05) is 0 Å². The van der Waals surface area contributed by atoms with E-state index in [1.807, 2.05) is 0 Å². The number of nitrogens with zero attached hydrogens (tertiary/aromatic N) is 1. The first-order valence-corrected chi connectivity index (χ1v) is 7.11. The van der Waals surface area contributed by atoms with Crippen molar-refractivity contribution >= 4 is 23.6 Å². The van der Waals surface area contributed by atoms with E-state index in [2.05, 4.69) is 35.3 Å². The number of H-pyrrole nitrogens is 1. The third-order valence-electron chi connectivity index (χ3n) is 3.22. The summed E-state index contributed by atoms with van der Waals surface area (Å²) in [5.74, 6) is 1.68. The van der Waals surface area contributed by atoms with Crippen LogP contribution in [0.3, 0.4) is 0 Å². The first-order valence-electron chi connectivity index (χ1n) is 5.82. The second-order valence-corrected chi connectivity index (χ2v) is 5.94. The van der Waals surface area contributed by atoms with Gasteiger partial charge in [-0.3, -0.25) is 0 Å². The van der Waals surface area contributed by atoms with E-state index < -0.39 is 0 Å². The molecule has 0 radical (unpaired) electrons. The van der Waals surface area contributed by atoms with Crippen LogP contribution in [0.25, 0.3) is 10.6 Å². The minimum atomic E-state index is 0.608. The van der Waals surface area contributed by atoms with E-state index >= 15 is 0 Å². The maximum Gasteiger partial charge on any atom is 0.133 e. The lowest BCUT2D eigenvalue weighted by molar-refractivity contribution is 0.915. The van der Waals surface area contributed by atoms with Crippen molar-refractivity contribution in [3.63, 3.8) is 0 Å². The lowest BCUT2D eigenvalue weighted by Gasteiger charge is -2.08. The van der Waals surface area contributed by atoms with Crippen LogP contribution >= 0.6 is 23.6 Å². The Morgan fingerprint density at radius 1 is 1.41 bits per heavy atom. The molecule has 0 atom stereocenters. The maximum atomic E-state index is 5.37. The van der Waals surface area contributed by atoms with E-state index in [0.29, 0.717) is 5.92 Å². The van der Waals surface area contributed by atoms with E-state index in [0.717, 1.165) is 16.0 Å². The molecule has 1 N–H and O–H groups in total. The smallest absolute Gasteiger partial charge is 0.133 e. The van der Waals surface area contributed by atoms with Gasteiger partial charge in [-0.15, -0.1) is 11.3 Å². The fraction of sp³-hybridized carbons (Fsp3) is 0.385. The molecule has 2 heterocycles. The Hall–Kier alpha value is -1.00. The second kappa shape index (κ2) is 4.03. The van der Waals surface area contributed by atoms with Crippen molar-refractivity contribution in [1.82, 2.24) is 9.97 Å². The largest absolute Gasteiger partial charge is 0.342 e. The van der Waals surface area contributed by atoms with Crippen LogP contribution in [0.5, 0.6) is 0 Å². The molecule has 0 spiro atoms. The van der Waals surface area contributed by atoms with E-state index in [1.54, 1.807) is 11.3 Å². The van der Waals surface area contributed by atoms with Gasteiger partial charge in [-0.2, -0.15) is 0 Å². The molecule has 3 rings (SSSR count). The maximum absolute atomic E-state index is 5.37. The summed E-state index contributed by atoms with van der Waals surface area (Å²) in [4.78, 5) is 9.28. The summed E-state index contributed by atoms with van der Waals surface area (Å²) in [6.45, 7) is 4.19. The van der Waals surface area contributed by atoms with Gasteiger partial charge in [0.1, 0.15) is 10.5 Å². The van der Waals surface area contributed by atoms with E-state index in [-0.39, 0.29) is 0 Å². The fourth-order valence-corrected chi connectivity index (χ4v) is 3.14. The molecule has 17 heavy (non-hydrogen) atoms. The molecule has 1 fully saturated rings. The summed E-state index contributed by atoms with van der Waals surface area (Å²) in [5, 5.41) is 2.12. The third kappa shape index (κ3) is 1.96. The predicted molar refractivity (Wildman–Crippen MR) is 74.2 cm³/mol. The summed E-state index contributed by atoms with van der Waals surface area (Å²) >= 11 is 7.13. The highest BCUT2D eigenvalue weighted by molar-refractivity contribution is 7.71. The van der Waals surface area contributed by atoms with Crippen molar-refractivity contribution in [2.24, 2.45) is 0 Å². The molecular formula is C13H14N2S2. The Labute approximate surface area is 110 Å². The monoisotopic (exact) mass is 262 g/mol. The standard InChI is InChI=1S/C13H14N2S2/c1-7-5-6-17-11(7)10-8(2)13(16)15-12(14-10)9-3-4-9/h5-6,9H,3-4H2,1-2H3,(H,14,15,16). The molecule has 0 saturated heterocycles. The summed E-state index contributed by atoms with van der Waals surface area (Å²) in [6.07, 6.45) is 2.48. The molecule has 2 aromatic heterocycles. The molecule has 4 heteroatoms. The molecule has 0 aliphatic heterocycles. The SMILES string of the molecule is Cc1ccsc1-c1[nH]c(C2CC2)nc(=S)c1C. The van der Waals surface area contributed by atoms with Gasteiger partial charge >= 0.3 is 0 Å². The zero-order chi connectivity index (χ0) is 12.0. The number of aromatic amines is 1. The van der Waals surface area contributed by atoms with Crippen LogP contribution in [-0.2, 0) is 0 Å². The normalized spacial score (nSPS) is 15.2. The van der Waals surface area contributed by atoms with Crippen molar-refractivity contribution in [1.29, 1.82) is 0 Å². The van der Waals surface area contributed by atoms with Gasteiger partial charge in [0.15, 0.2) is 0 Å². The van der Waals surface area contributed by atoms with Gasteiger partial charge in [0.05, 0.1) is 10.6 Å². The topological polar surface area (TPSA) is 28.7 Å². The van der Waals surface area contributed by atoms with Crippen LogP contribution < -0.4 is 0 Å². The van der Waals surface area contributed by atoms with Gasteiger partial charge in [0, 0.05) is 11.5 Å². The summed E-state index contributed by atoms with van der Waals surface area (Å²) < 4.78 is 0.744. The van der Waals surface area contributed by atoms with Gasteiger partial charge in [-0.05, 0) is 43.7 Å². The number of hydrogen-bond donors (Lipinski definition) is 1. The Kier molecular flexibility index (Phi) is 2.64. The second-order valence-electron chi connectivity index (χ2n) is 4.63. The molecule has 1 aliphatic rings. The van der Waals surface area contributed by atoms with E-state index in [1.165, 1.54) is 29.0 Å². The Morgan fingerprint density at radius 2 is 2.18 bits per heavy atom. The third-order valence-corrected chi connectivity index (χ3v) is 4.66. The molecule has 0 bridgehead atoms. The fourth-order valence-electron chi connectivity index (χ4n) is 1.96. The first-order chi connectivity index (χ1) is 8.16. The van der Waals surface area contributed by atoms with Gasteiger partial charge in [-0.25, -0.2) is 4.98 Å². The minimum absolute atomic E-state index is 0.608. The number of nitrogens with one attached hydrogen (secondary N) is 1. The van der Waals surface area contributed by atoms with E-state index in [9.17, 15) is 0 Å². The van der Waals surface area contributed by atoms with Crippen LogP contribution in [0.2, 0.25) is 0 Å². The van der Waals surface area contributed by atoms with Gasteiger partial charge in [-0.1, -0.05) is 12.2 Å². The molecule has 1 saturated carbocycles. The lowest BCUT2D eigenvalue weighted by Crippen LogP contribution is -1.98. The van der Waals surface area contributed by atoms with Crippen LogP contribution in [0, 0.1) is 18.5 Å². The number of thiophene rings is 1. The highest BCUT2D eigenvalue weighted by Crippen LogP contribution is 2.39. The van der Waals surface area contributed by atoms with Gasteiger partial charge in [0.25, 0.3) is 0 Å². The average molecular weight is 262 g/mol. The first kappa shape index (κ1) is 11.1. The zero-order valence-corrected chi connectivity index (χ0v) is 11.5. The summed E-state index contributed by atoms with van der Waals surface area (Å²) in [7, 11) is 0. The summed E-state index contributed by atoms with van der Waals surface area (Å²) in [6, 6.07) is 2.15. The Morgan fingerprint density at radius 3 is 2.76 bits per heavy atom. The number of aryl methyl sites for hydroxylation is 1. The highest BCUT2D eigenvalue weighted by atomic mass is 32.1. The van der Waals surface area contributed by atoms with Crippen molar-refractivity contribution in [3.05, 3.63) is 33.0 Å². The van der Waals surface area contributed by atoms with Crippen LogP contribution in [0.1, 0.15) is 35.7 Å². The Balaban J connectivity index is 2.21. The van der Waals surface area contributed by atoms with Crippen LogP contribution in [-0.4, -0.2) is 9.97 Å². The van der Waals surface area contributed by atoms with Crippen molar-refractivity contribution < 1.29 is 0 Å². The molecule has 0 aromatic carbocycles. The molecule has 2 aromatic rings. The molecular weight excluding hydrogens is 248 g/mol. The summed E-state index contributed by atoms with van der Waals surface area (Å²) in [5.41, 5.74) is 3.56. The van der Waals surface area contributed by atoms with Crippen molar-refractivity contribution in [3.8, 4) is 10.6 Å². The van der Waals surface area contributed by atoms with Gasteiger partial charge in [0.2, 0.25) is 0 Å². The van der Waals surface area contributed by atoms with Crippen LogP contribution in [0.15, 0.2) is 11.4 Å². The molecule has 88 valence electrons. The predicted octanol–water partition coefficient (Wildman–Crippen LogP) is 4.36. The molecule has 0 unspecified atom stereocenters. The van der Waals surface area contributed by atoms with E-state index in [4.69, 9.17) is 12.2 Å². The average Bonchev–Trinajstić information content (AvgIpc) is 3.06. The quantitative estimate of drug-likeness (QED) is 0.814. The minimum Gasteiger partial charge on any atom is -0.342 e. The van der Waals surface area contributed by atoms with Crippen molar-refractivity contribution in [2.45, 2.75) is 32.6 Å². The Bertz CT molecular complexity index is 621. The molecule has 2 nitrogen and oxygen atoms in total. The highest BCUT2D eigenvalue weighted by Gasteiger charge is 2.27. The van der Waals surface area contributed by atoms with Crippen LogP contribution in [0.4, 0.5) is 0 Å². The number of rotatable bonds is 2.